The Morgan fingerprint density at radius 1 is 1.07 bits per heavy atom. The number of hydrogen-bond acceptors (Lipinski definition) is 2. The lowest BCUT2D eigenvalue weighted by Crippen LogP contribution is -2.14. The Kier molecular flexibility index (Phi) is 8.68. The first-order valence-electron chi connectivity index (χ1n) is 6.19. The van der Waals surface area contributed by atoms with Crippen LogP contribution in [-0.4, -0.2) is 18.9 Å². The predicted octanol–water partition coefficient (Wildman–Crippen LogP) is 3.90. The van der Waals surface area contributed by atoms with Gasteiger partial charge in [0.15, 0.2) is 0 Å². The van der Waals surface area contributed by atoms with E-state index in [1.54, 1.807) is 0 Å². The molecule has 0 unspecified atom stereocenters. The van der Waals surface area contributed by atoms with Crippen molar-refractivity contribution in [2.45, 2.75) is 53.4 Å². The van der Waals surface area contributed by atoms with Gasteiger partial charge in [0.25, 0.3) is 0 Å². The third kappa shape index (κ3) is 9.92. The molecular weight excluding hydrogens is 186 g/mol. The molecule has 0 aliphatic carbocycles. The van der Waals surface area contributed by atoms with Gasteiger partial charge in [-0.15, -0.1) is 0 Å². The van der Waals surface area contributed by atoms with Crippen LogP contribution in [0.5, 0.6) is 0 Å². The van der Waals surface area contributed by atoms with Gasteiger partial charge in [0.1, 0.15) is 0 Å². The molecule has 1 N–H and O–H groups in total. The predicted molar refractivity (Wildman–Crippen MR) is 66.7 cm³/mol. The summed E-state index contributed by atoms with van der Waals surface area (Å²) in [6.07, 6.45) is 5.02. The molecule has 0 aromatic heterocycles. The van der Waals surface area contributed by atoms with Gasteiger partial charge in [0.05, 0.1) is 6.61 Å². The molecule has 0 fully saturated rings. The van der Waals surface area contributed by atoms with E-state index in [-0.39, 0.29) is 0 Å². The molecule has 0 spiro atoms. The molecule has 2 heteroatoms. The molecule has 0 radical (unpaired) electrons. The largest absolute Gasteiger partial charge is 0.376 e. The normalized spacial score (nSPS) is 11.3. The molecule has 0 rings (SSSR count). The Morgan fingerprint density at radius 2 is 1.73 bits per heavy atom. The topological polar surface area (TPSA) is 33.1 Å². The average molecular weight is 213 g/mol. The Bertz CT molecular complexity index is 164. The second-order valence-electron chi connectivity index (χ2n) is 4.98. The van der Waals surface area contributed by atoms with Crippen LogP contribution in [0.1, 0.15) is 53.4 Å². The summed E-state index contributed by atoms with van der Waals surface area (Å²) in [6.45, 7) is 9.93. The Labute approximate surface area is 94.9 Å². The van der Waals surface area contributed by atoms with Crippen molar-refractivity contribution in [1.82, 2.24) is 0 Å². The molecule has 0 heterocycles. The summed E-state index contributed by atoms with van der Waals surface area (Å²) in [5.41, 5.74) is 0.706. The van der Waals surface area contributed by atoms with Gasteiger partial charge in [-0.1, -0.05) is 47.0 Å². The summed E-state index contributed by atoms with van der Waals surface area (Å²) in [5.74, 6) is 1.14. The number of nitrogens with one attached hydrogen (secondary N) is 1. The zero-order valence-electron chi connectivity index (χ0n) is 10.8. The summed E-state index contributed by atoms with van der Waals surface area (Å²) in [7, 11) is 0. The molecule has 90 valence electrons. The third-order valence-corrected chi connectivity index (χ3v) is 2.52. The van der Waals surface area contributed by atoms with Crippen LogP contribution in [0.4, 0.5) is 0 Å². The minimum Gasteiger partial charge on any atom is -0.376 e. The van der Waals surface area contributed by atoms with E-state index in [0.29, 0.717) is 18.2 Å². The van der Waals surface area contributed by atoms with Gasteiger partial charge in [0, 0.05) is 12.3 Å². The second kappa shape index (κ2) is 8.90. The lowest BCUT2D eigenvalue weighted by Gasteiger charge is -2.08. The van der Waals surface area contributed by atoms with Gasteiger partial charge >= 0.3 is 0 Å². The van der Waals surface area contributed by atoms with Crippen LogP contribution in [0.25, 0.3) is 0 Å². The zero-order chi connectivity index (χ0) is 11.7. The van der Waals surface area contributed by atoms with Crippen molar-refractivity contribution >= 4 is 5.71 Å². The molecule has 0 saturated carbocycles. The second-order valence-corrected chi connectivity index (χ2v) is 4.98. The molecule has 0 saturated heterocycles. The SMILES string of the molecule is CC(C)CCCCCOCC(=N)C(C)C. The minimum atomic E-state index is 0.325. The molecule has 0 aliphatic heterocycles. The Hall–Kier alpha value is -0.370. The van der Waals surface area contributed by atoms with Crippen molar-refractivity contribution in [1.29, 1.82) is 5.41 Å². The highest BCUT2D eigenvalue weighted by atomic mass is 16.5. The molecule has 0 aromatic carbocycles. The fourth-order valence-corrected chi connectivity index (χ4v) is 1.28. The van der Waals surface area contributed by atoms with Crippen LogP contribution in [0.2, 0.25) is 0 Å². The Balaban J connectivity index is 3.15. The van der Waals surface area contributed by atoms with E-state index in [0.717, 1.165) is 18.9 Å². The third-order valence-electron chi connectivity index (χ3n) is 2.52. The van der Waals surface area contributed by atoms with Crippen LogP contribution in [0.15, 0.2) is 0 Å². The molecular formula is C13H27NO. The molecule has 15 heavy (non-hydrogen) atoms. The maximum absolute atomic E-state index is 7.59. The lowest BCUT2D eigenvalue weighted by atomic mass is 10.1. The standard InChI is InChI=1S/C13H27NO/c1-11(2)8-6-5-7-9-15-10-13(14)12(3)4/h11-12,14H,5-10H2,1-4H3. The summed E-state index contributed by atoms with van der Waals surface area (Å²) in [5, 5.41) is 7.59. The lowest BCUT2D eigenvalue weighted by molar-refractivity contribution is 0.163. The highest BCUT2D eigenvalue weighted by Crippen LogP contribution is 2.08. The van der Waals surface area contributed by atoms with Crippen LogP contribution < -0.4 is 0 Å². The van der Waals surface area contributed by atoms with Gasteiger partial charge in [-0.2, -0.15) is 0 Å². The van der Waals surface area contributed by atoms with Crippen molar-refractivity contribution in [3.05, 3.63) is 0 Å². The van der Waals surface area contributed by atoms with E-state index in [1.807, 2.05) is 13.8 Å². The fraction of sp³-hybridized carbons (Fsp3) is 0.923. The quantitative estimate of drug-likeness (QED) is 0.457. The molecule has 0 aliphatic rings. The summed E-state index contributed by atoms with van der Waals surface area (Å²) in [4.78, 5) is 0. The highest BCUT2D eigenvalue weighted by Gasteiger charge is 2.01. The molecule has 0 aromatic rings. The van der Waals surface area contributed by atoms with Gasteiger partial charge in [-0.25, -0.2) is 0 Å². The number of unbranched alkanes of at least 4 members (excludes halogenated alkanes) is 2. The van der Waals surface area contributed by atoms with Crippen molar-refractivity contribution in [2.75, 3.05) is 13.2 Å². The number of ether oxygens (including phenoxy) is 1. The van der Waals surface area contributed by atoms with Crippen molar-refractivity contribution < 1.29 is 4.74 Å². The van der Waals surface area contributed by atoms with E-state index in [9.17, 15) is 0 Å². The van der Waals surface area contributed by atoms with Gasteiger partial charge in [-0.3, -0.25) is 0 Å². The van der Waals surface area contributed by atoms with Crippen LogP contribution in [0.3, 0.4) is 0 Å². The van der Waals surface area contributed by atoms with Gasteiger partial charge in [0.2, 0.25) is 0 Å². The summed E-state index contributed by atoms with van der Waals surface area (Å²) < 4.78 is 5.44. The summed E-state index contributed by atoms with van der Waals surface area (Å²) >= 11 is 0. The van der Waals surface area contributed by atoms with E-state index in [1.165, 1.54) is 19.3 Å². The maximum atomic E-state index is 7.59. The first-order valence-corrected chi connectivity index (χ1v) is 6.19. The van der Waals surface area contributed by atoms with Gasteiger partial charge in [-0.05, 0) is 18.3 Å². The van der Waals surface area contributed by atoms with Crippen LogP contribution in [-0.2, 0) is 4.74 Å². The van der Waals surface area contributed by atoms with Crippen molar-refractivity contribution in [2.24, 2.45) is 11.8 Å². The van der Waals surface area contributed by atoms with E-state index < -0.39 is 0 Å². The number of rotatable bonds is 9. The molecule has 2 nitrogen and oxygen atoms in total. The van der Waals surface area contributed by atoms with E-state index in [2.05, 4.69) is 13.8 Å². The fourth-order valence-electron chi connectivity index (χ4n) is 1.28. The molecule has 0 bridgehead atoms. The maximum Gasteiger partial charge on any atom is 0.0844 e. The van der Waals surface area contributed by atoms with Crippen molar-refractivity contribution in [3.63, 3.8) is 0 Å². The van der Waals surface area contributed by atoms with Gasteiger partial charge < -0.3 is 10.1 Å². The van der Waals surface area contributed by atoms with Crippen molar-refractivity contribution in [3.8, 4) is 0 Å². The van der Waals surface area contributed by atoms with E-state index >= 15 is 0 Å². The smallest absolute Gasteiger partial charge is 0.0844 e. The monoisotopic (exact) mass is 213 g/mol. The molecule has 0 amide bonds. The van der Waals surface area contributed by atoms with E-state index in [4.69, 9.17) is 10.1 Å². The first-order chi connectivity index (χ1) is 7.04. The van der Waals surface area contributed by atoms with Crippen LogP contribution in [0, 0.1) is 17.2 Å². The molecule has 0 atom stereocenters. The Morgan fingerprint density at radius 3 is 2.27 bits per heavy atom. The highest BCUT2D eigenvalue weighted by molar-refractivity contribution is 5.84. The summed E-state index contributed by atoms with van der Waals surface area (Å²) in [6, 6.07) is 0. The zero-order valence-corrected chi connectivity index (χ0v) is 10.8. The average Bonchev–Trinajstić information content (AvgIpc) is 2.15. The first kappa shape index (κ1) is 14.6. The number of hydrogen-bond donors (Lipinski definition) is 1. The van der Waals surface area contributed by atoms with Crippen LogP contribution >= 0.6 is 0 Å². The minimum absolute atomic E-state index is 0.325.